The second-order valence-corrected chi connectivity index (χ2v) is 8.90. The molecule has 0 radical (unpaired) electrons. The quantitative estimate of drug-likeness (QED) is 0.0920. The number of unbranched alkanes of at least 4 members (excludes halogenated alkanes) is 1. The van der Waals surface area contributed by atoms with Crippen LogP contribution < -0.4 is 0 Å². The van der Waals surface area contributed by atoms with Gasteiger partial charge in [0.15, 0.2) is 0 Å². The summed E-state index contributed by atoms with van der Waals surface area (Å²) in [5, 5.41) is 0. The van der Waals surface area contributed by atoms with E-state index >= 15 is 0 Å². The molecule has 0 rings (SSSR count). The molecular weight excluding hydrogens is 568 g/mol. The van der Waals surface area contributed by atoms with Crippen molar-refractivity contribution >= 4 is 0 Å². The van der Waals surface area contributed by atoms with Gasteiger partial charge in [-0.05, 0) is 13.3 Å². The van der Waals surface area contributed by atoms with Crippen molar-refractivity contribution in [2.24, 2.45) is 0 Å². The van der Waals surface area contributed by atoms with E-state index in [0.29, 0.717) is 165 Å². The first kappa shape index (κ1) is 42.5. The van der Waals surface area contributed by atoms with Crippen molar-refractivity contribution < 1.29 is 61.6 Å². The lowest BCUT2D eigenvalue weighted by Gasteiger charge is -2.09. The molecule has 0 bridgehead atoms. The average molecular weight is 631 g/mol. The first-order valence-electron chi connectivity index (χ1n) is 15.9. The summed E-state index contributed by atoms with van der Waals surface area (Å²) < 4.78 is 70.5. The molecule has 0 saturated carbocycles. The van der Waals surface area contributed by atoms with E-state index in [2.05, 4.69) is 6.92 Å². The van der Waals surface area contributed by atoms with Gasteiger partial charge in [0.05, 0.1) is 159 Å². The minimum atomic E-state index is 0.517. The maximum atomic E-state index is 5.48. The van der Waals surface area contributed by atoms with Crippen LogP contribution in [-0.4, -0.2) is 172 Å². The van der Waals surface area contributed by atoms with Crippen LogP contribution in [0.3, 0.4) is 0 Å². The van der Waals surface area contributed by atoms with E-state index in [1.165, 1.54) is 0 Å². The smallest absolute Gasteiger partial charge is 0.0701 e. The molecule has 0 spiro atoms. The maximum absolute atomic E-state index is 5.48. The largest absolute Gasteiger partial charge is 0.379 e. The van der Waals surface area contributed by atoms with Crippen molar-refractivity contribution in [3.05, 3.63) is 0 Å². The zero-order valence-electron chi connectivity index (χ0n) is 27.1. The molecule has 260 valence electrons. The molecule has 0 aliphatic rings. The van der Waals surface area contributed by atoms with Crippen molar-refractivity contribution in [2.75, 3.05) is 172 Å². The molecular formula is C30H62O13. The Morgan fingerprint density at radius 2 is 0.372 bits per heavy atom. The third kappa shape index (κ3) is 41.5. The molecule has 13 heteroatoms. The number of ether oxygens (including phenoxy) is 13. The highest BCUT2D eigenvalue weighted by Gasteiger charge is 1.96. The Hall–Kier alpha value is -0.520. The molecule has 0 N–H and O–H groups in total. The lowest BCUT2D eigenvalue weighted by molar-refractivity contribution is -0.0289. The molecule has 0 fully saturated rings. The lowest BCUT2D eigenvalue weighted by atomic mass is 10.4. The first-order chi connectivity index (χ1) is 21.4. The normalized spacial score (nSPS) is 11.6. The van der Waals surface area contributed by atoms with E-state index in [1.807, 2.05) is 6.92 Å². The summed E-state index contributed by atoms with van der Waals surface area (Å²) in [5.74, 6) is 0. The van der Waals surface area contributed by atoms with Crippen LogP contribution in [0.15, 0.2) is 0 Å². The minimum Gasteiger partial charge on any atom is -0.379 e. The molecule has 0 unspecified atom stereocenters. The van der Waals surface area contributed by atoms with E-state index in [4.69, 9.17) is 61.6 Å². The summed E-state index contributed by atoms with van der Waals surface area (Å²) in [4.78, 5) is 0. The van der Waals surface area contributed by atoms with Gasteiger partial charge in [-0.2, -0.15) is 0 Å². The monoisotopic (exact) mass is 630 g/mol. The molecule has 0 amide bonds. The average Bonchev–Trinajstić information content (AvgIpc) is 3.02. The van der Waals surface area contributed by atoms with Gasteiger partial charge in [-0.15, -0.1) is 0 Å². The van der Waals surface area contributed by atoms with Crippen molar-refractivity contribution in [3.63, 3.8) is 0 Å². The second kappa shape index (κ2) is 41.5. The van der Waals surface area contributed by atoms with Crippen LogP contribution in [0, 0.1) is 0 Å². The highest BCUT2D eigenvalue weighted by Crippen LogP contribution is 1.89. The molecule has 0 aromatic rings. The number of hydrogen-bond acceptors (Lipinski definition) is 13. The Bertz CT molecular complexity index is 437. The standard InChI is InChI=1S/C30H62O13/c1-3-5-6-32-9-10-34-13-14-36-17-18-38-21-22-40-25-26-42-29-30-43-28-27-41-24-23-39-20-19-37-16-15-35-12-11-33-8-7-31-4-2/h3-30H2,1-2H3. The molecule has 43 heavy (non-hydrogen) atoms. The summed E-state index contributed by atoms with van der Waals surface area (Å²) in [5.41, 5.74) is 0. The third-order valence-electron chi connectivity index (χ3n) is 5.31. The topological polar surface area (TPSA) is 120 Å². The molecule has 0 aliphatic heterocycles. The SMILES string of the molecule is CCCCOCCOCCOCCOCCOCCOCCOCCOCCOCCOCCOCCOCCOCC. The van der Waals surface area contributed by atoms with Crippen LogP contribution in [0.2, 0.25) is 0 Å². The van der Waals surface area contributed by atoms with E-state index in [9.17, 15) is 0 Å². The van der Waals surface area contributed by atoms with Gasteiger partial charge in [0.1, 0.15) is 0 Å². The van der Waals surface area contributed by atoms with Crippen LogP contribution in [0.1, 0.15) is 26.7 Å². The van der Waals surface area contributed by atoms with Gasteiger partial charge in [0, 0.05) is 13.2 Å². The van der Waals surface area contributed by atoms with Crippen molar-refractivity contribution in [1.29, 1.82) is 0 Å². The summed E-state index contributed by atoms with van der Waals surface area (Å²) >= 11 is 0. The highest BCUT2D eigenvalue weighted by molar-refractivity contribution is 4.39. The van der Waals surface area contributed by atoms with Gasteiger partial charge in [0.2, 0.25) is 0 Å². The van der Waals surface area contributed by atoms with Gasteiger partial charge in [-0.25, -0.2) is 0 Å². The first-order valence-corrected chi connectivity index (χ1v) is 15.9. The molecule has 13 nitrogen and oxygen atoms in total. The fourth-order valence-corrected chi connectivity index (χ4v) is 3.03. The predicted octanol–water partition coefficient (Wildman–Crippen LogP) is 2.02. The van der Waals surface area contributed by atoms with Crippen LogP contribution in [-0.2, 0) is 61.6 Å². The van der Waals surface area contributed by atoms with Crippen molar-refractivity contribution in [2.45, 2.75) is 26.7 Å². The number of hydrogen-bond donors (Lipinski definition) is 0. The Morgan fingerprint density at radius 3 is 0.535 bits per heavy atom. The van der Waals surface area contributed by atoms with E-state index in [0.717, 1.165) is 19.4 Å². The van der Waals surface area contributed by atoms with Gasteiger partial charge >= 0.3 is 0 Å². The van der Waals surface area contributed by atoms with Gasteiger partial charge in [0.25, 0.3) is 0 Å². The highest BCUT2D eigenvalue weighted by atomic mass is 16.6. The van der Waals surface area contributed by atoms with Gasteiger partial charge < -0.3 is 61.6 Å². The fourth-order valence-electron chi connectivity index (χ4n) is 3.03. The minimum absolute atomic E-state index is 0.517. The Kier molecular flexibility index (Phi) is 41.0. The summed E-state index contributed by atoms with van der Waals surface area (Å²) in [7, 11) is 0. The van der Waals surface area contributed by atoms with Crippen LogP contribution in [0.5, 0.6) is 0 Å². The molecule has 0 aliphatic carbocycles. The lowest BCUT2D eigenvalue weighted by Crippen LogP contribution is -2.15. The zero-order chi connectivity index (χ0) is 31.0. The van der Waals surface area contributed by atoms with Crippen LogP contribution in [0.25, 0.3) is 0 Å². The fraction of sp³-hybridized carbons (Fsp3) is 1.00. The summed E-state index contributed by atoms with van der Waals surface area (Å²) in [6.07, 6.45) is 2.24. The molecule has 0 saturated heterocycles. The third-order valence-corrected chi connectivity index (χ3v) is 5.31. The van der Waals surface area contributed by atoms with Gasteiger partial charge in [-0.1, -0.05) is 13.3 Å². The Balaban J connectivity index is 3.02. The molecule has 0 heterocycles. The summed E-state index contributed by atoms with van der Waals surface area (Å²) in [6, 6.07) is 0. The Morgan fingerprint density at radius 1 is 0.209 bits per heavy atom. The molecule has 0 atom stereocenters. The molecule has 0 aromatic carbocycles. The van der Waals surface area contributed by atoms with Crippen LogP contribution in [0.4, 0.5) is 0 Å². The zero-order valence-corrected chi connectivity index (χ0v) is 27.1. The molecule has 0 aromatic heterocycles. The Labute approximate surface area is 260 Å². The van der Waals surface area contributed by atoms with E-state index < -0.39 is 0 Å². The van der Waals surface area contributed by atoms with Crippen LogP contribution >= 0.6 is 0 Å². The second-order valence-electron chi connectivity index (χ2n) is 8.90. The summed E-state index contributed by atoms with van der Waals surface area (Å²) in [6.45, 7) is 18.7. The van der Waals surface area contributed by atoms with Crippen molar-refractivity contribution in [1.82, 2.24) is 0 Å². The predicted molar refractivity (Wildman–Crippen MR) is 161 cm³/mol. The van der Waals surface area contributed by atoms with Crippen molar-refractivity contribution in [3.8, 4) is 0 Å². The number of rotatable bonds is 40. The van der Waals surface area contributed by atoms with Gasteiger partial charge in [-0.3, -0.25) is 0 Å². The van der Waals surface area contributed by atoms with E-state index in [1.54, 1.807) is 0 Å². The van der Waals surface area contributed by atoms with E-state index in [-0.39, 0.29) is 0 Å². The maximum Gasteiger partial charge on any atom is 0.0701 e.